The molecule has 0 spiro atoms. The van der Waals surface area contributed by atoms with E-state index in [-0.39, 0.29) is 0 Å². The first-order chi connectivity index (χ1) is 8.35. The average molecular weight is 300 g/mol. The summed E-state index contributed by atoms with van der Waals surface area (Å²) in [7, 11) is 1.62. The molecule has 2 heterocycles. The van der Waals surface area contributed by atoms with Gasteiger partial charge in [-0.15, -0.1) is 0 Å². The van der Waals surface area contributed by atoms with Crippen LogP contribution in [0.2, 0.25) is 0 Å². The first-order valence-electron chi connectivity index (χ1n) is 6.04. The van der Waals surface area contributed by atoms with Crippen LogP contribution in [0.3, 0.4) is 0 Å². The zero-order chi connectivity index (χ0) is 12.1. The molecule has 1 fully saturated rings. The van der Waals surface area contributed by atoms with E-state index in [0.29, 0.717) is 11.9 Å². The standard InChI is InChI=1S/C12H18BrN3O/c1-17-12-9-14-8-11(15-12)16-7-3-2-4-10(16)5-6-13/h8-10H,2-7H2,1H3. The summed E-state index contributed by atoms with van der Waals surface area (Å²) < 4.78 is 5.13. The SMILES string of the molecule is COc1cncc(N2CCCCC2CCBr)n1. The number of anilines is 1. The summed E-state index contributed by atoms with van der Waals surface area (Å²) in [6.07, 6.45) is 8.41. The molecule has 4 nitrogen and oxygen atoms in total. The van der Waals surface area contributed by atoms with Crippen LogP contribution >= 0.6 is 15.9 Å². The Labute approximate surface area is 111 Å². The molecular formula is C12H18BrN3O. The molecular weight excluding hydrogens is 282 g/mol. The monoisotopic (exact) mass is 299 g/mol. The lowest BCUT2D eigenvalue weighted by Crippen LogP contribution is -2.40. The van der Waals surface area contributed by atoms with Crippen LogP contribution in [0.4, 0.5) is 5.82 Å². The highest BCUT2D eigenvalue weighted by Gasteiger charge is 2.23. The average Bonchev–Trinajstić information content (AvgIpc) is 2.40. The van der Waals surface area contributed by atoms with E-state index < -0.39 is 0 Å². The van der Waals surface area contributed by atoms with Crippen LogP contribution in [0, 0.1) is 0 Å². The van der Waals surface area contributed by atoms with Crippen molar-refractivity contribution in [3.63, 3.8) is 0 Å². The van der Waals surface area contributed by atoms with Gasteiger partial charge in [0.05, 0.1) is 19.5 Å². The molecule has 1 saturated heterocycles. The first-order valence-corrected chi connectivity index (χ1v) is 7.16. The highest BCUT2D eigenvalue weighted by atomic mass is 79.9. The summed E-state index contributed by atoms with van der Waals surface area (Å²) in [5.74, 6) is 1.53. The Kier molecular flexibility index (Phi) is 4.59. The Morgan fingerprint density at radius 1 is 1.47 bits per heavy atom. The summed E-state index contributed by atoms with van der Waals surface area (Å²) in [5.41, 5.74) is 0. The van der Waals surface area contributed by atoms with Gasteiger partial charge in [0, 0.05) is 17.9 Å². The lowest BCUT2D eigenvalue weighted by Gasteiger charge is -2.36. The molecule has 0 radical (unpaired) electrons. The van der Waals surface area contributed by atoms with E-state index in [1.165, 1.54) is 19.3 Å². The Balaban J connectivity index is 2.16. The van der Waals surface area contributed by atoms with Crippen molar-refractivity contribution in [2.24, 2.45) is 0 Å². The van der Waals surface area contributed by atoms with E-state index in [2.05, 4.69) is 30.8 Å². The van der Waals surface area contributed by atoms with Gasteiger partial charge >= 0.3 is 0 Å². The molecule has 0 amide bonds. The van der Waals surface area contributed by atoms with Gasteiger partial charge < -0.3 is 9.64 Å². The van der Waals surface area contributed by atoms with Gasteiger partial charge in [0.15, 0.2) is 5.82 Å². The first kappa shape index (κ1) is 12.6. The summed E-state index contributed by atoms with van der Waals surface area (Å²) in [5, 5.41) is 1.03. The Morgan fingerprint density at radius 3 is 3.12 bits per heavy atom. The predicted octanol–water partition coefficient (Wildman–Crippen LogP) is 2.63. The number of aromatic nitrogens is 2. The molecule has 2 rings (SSSR count). The zero-order valence-electron chi connectivity index (χ0n) is 10.1. The second kappa shape index (κ2) is 6.19. The highest BCUT2D eigenvalue weighted by Crippen LogP contribution is 2.26. The third-order valence-corrected chi connectivity index (χ3v) is 3.63. The van der Waals surface area contributed by atoms with Crippen LogP contribution in [-0.2, 0) is 0 Å². The number of alkyl halides is 1. The van der Waals surface area contributed by atoms with E-state index in [1.807, 2.05) is 6.20 Å². The molecule has 1 atom stereocenters. The van der Waals surface area contributed by atoms with Crippen LogP contribution < -0.4 is 9.64 Å². The number of piperidine rings is 1. The molecule has 0 saturated carbocycles. The van der Waals surface area contributed by atoms with Crippen molar-refractivity contribution in [2.45, 2.75) is 31.7 Å². The molecule has 0 aromatic carbocycles. The maximum absolute atomic E-state index is 5.13. The van der Waals surface area contributed by atoms with Crippen molar-refractivity contribution in [1.82, 2.24) is 9.97 Å². The van der Waals surface area contributed by atoms with Crippen LogP contribution in [0.1, 0.15) is 25.7 Å². The largest absolute Gasteiger partial charge is 0.480 e. The molecule has 94 valence electrons. The Bertz CT molecular complexity index is 359. The van der Waals surface area contributed by atoms with Gasteiger partial charge in [-0.3, -0.25) is 4.98 Å². The van der Waals surface area contributed by atoms with Crippen LogP contribution in [0.15, 0.2) is 12.4 Å². The van der Waals surface area contributed by atoms with Crippen molar-refractivity contribution < 1.29 is 4.74 Å². The van der Waals surface area contributed by atoms with Gasteiger partial charge in [0.25, 0.3) is 0 Å². The number of rotatable bonds is 4. The molecule has 17 heavy (non-hydrogen) atoms. The molecule has 1 aliphatic heterocycles. The second-order valence-corrected chi connectivity index (χ2v) is 5.03. The topological polar surface area (TPSA) is 38.2 Å². The van der Waals surface area contributed by atoms with Crippen LogP contribution in [-0.4, -0.2) is 35.0 Å². The number of methoxy groups -OCH3 is 1. The quantitative estimate of drug-likeness (QED) is 0.801. The van der Waals surface area contributed by atoms with Gasteiger partial charge in [-0.1, -0.05) is 15.9 Å². The molecule has 1 aliphatic rings. The van der Waals surface area contributed by atoms with Crippen molar-refractivity contribution in [3.8, 4) is 5.88 Å². The molecule has 0 N–H and O–H groups in total. The number of nitrogens with zero attached hydrogens (tertiary/aromatic N) is 3. The molecule has 1 aromatic heterocycles. The second-order valence-electron chi connectivity index (χ2n) is 4.24. The third-order valence-electron chi connectivity index (χ3n) is 3.17. The molecule has 0 bridgehead atoms. The smallest absolute Gasteiger partial charge is 0.233 e. The predicted molar refractivity (Wildman–Crippen MR) is 72.0 cm³/mol. The lowest BCUT2D eigenvalue weighted by molar-refractivity contribution is 0.392. The van der Waals surface area contributed by atoms with E-state index in [1.54, 1.807) is 13.3 Å². The van der Waals surface area contributed by atoms with Gasteiger partial charge in [0.2, 0.25) is 5.88 Å². The van der Waals surface area contributed by atoms with Crippen LogP contribution in [0.5, 0.6) is 5.88 Å². The van der Waals surface area contributed by atoms with E-state index in [9.17, 15) is 0 Å². The summed E-state index contributed by atoms with van der Waals surface area (Å²) in [6, 6.07) is 0.574. The van der Waals surface area contributed by atoms with Crippen molar-refractivity contribution in [2.75, 3.05) is 23.9 Å². The Hall–Kier alpha value is -0.840. The summed E-state index contributed by atoms with van der Waals surface area (Å²) >= 11 is 3.53. The molecule has 1 unspecified atom stereocenters. The fourth-order valence-electron chi connectivity index (χ4n) is 2.30. The van der Waals surface area contributed by atoms with Crippen molar-refractivity contribution in [3.05, 3.63) is 12.4 Å². The number of ether oxygens (including phenoxy) is 1. The van der Waals surface area contributed by atoms with Gasteiger partial charge in [-0.05, 0) is 25.7 Å². The van der Waals surface area contributed by atoms with Crippen molar-refractivity contribution >= 4 is 21.7 Å². The fraction of sp³-hybridized carbons (Fsp3) is 0.667. The lowest BCUT2D eigenvalue weighted by atomic mass is 10.0. The minimum atomic E-state index is 0.574. The van der Waals surface area contributed by atoms with E-state index >= 15 is 0 Å². The maximum Gasteiger partial charge on any atom is 0.233 e. The normalized spacial score (nSPS) is 20.4. The Morgan fingerprint density at radius 2 is 2.35 bits per heavy atom. The van der Waals surface area contributed by atoms with Gasteiger partial charge in [0.1, 0.15) is 0 Å². The van der Waals surface area contributed by atoms with Crippen molar-refractivity contribution in [1.29, 1.82) is 0 Å². The number of halogens is 1. The van der Waals surface area contributed by atoms with Crippen LogP contribution in [0.25, 0.3) is 0 Å². The maximum atomic E-state index is 5.13. The molecule has 0 aliphatic carbocycles. The number of hydrogen-bond acceptors (Lipinski definition) is 4. The zero-order valence-corrected chi connectivity index (χ0v) is 11.7. The van der Waals surface area contributed by atoms with Gasteiger partial charge in [-0.25, -0.2) is 0 Å². The third kappa shape index (κ3) is 3.09. The van der Waals surface area contributed by atoms with E-state index in [0.717, 1.165) is 24.1 Å². The number of hydrogen-bond donors (Lipinski definition) is 0. The minimum absolute atomic E-state index is 0.574. The highest BCUT2D eigenvalue weighted by molar-refractivity contribution is 9.09. The van der Waals surface area contributed by atoms with E-state index in [4.69, 9.17) is 4.74 Å². The summed E-state index contributed by atoms with van der Waals surface area (Å²) in [6.45, 7) is 1.07. The minimum Gasteiger partial charge on any atom is -0.480 e. The summed E-state index contributed by atoms with van der Waals surface area (Å²) in [4.78, 5) is 11.0. The molecule has 5 heteroatoms. The van der Waals surface area contributed by atoms with Gasteiger partial charge in [-0.2, -0.15) is 4.98 Å². The fourth-order valence-corrected chi connectivity index (χ4v) is 2.83. The molecule has 1 aromatic rings.